The highest BCUT2D eigenvalue weighted by atomic mass is 16.5. The average molecular weight is 140 g/mol. The fourth-order valence-corrected chi connectivity index (χ4v) is 1.01. The summed E-state index contributed by atoms with van der Waals surface area (Å²) >= 11 is 0. The molecular formula is C8H14NO. The Kier molecular flexibility index (Phi) is 3.47. The number of allylic oxidation sites excluding steroid dienone is 1. The standard InChI is InChI=1S/C8H14NO/c1-2-3-4-8-7-10-6-5-9-8/h2-3,8H,4-7H2,1H3. The first kappa shape index (κ1) is 7.76. The number of nitrogens with zero attached hydrogens (tertiary/aromatic N) is 1. The van der Waals surface area contributed by atoms with Crippen molar-refractivity contribution in [2.45, 2.75) is 19.4 Å². The molecule has 0 aromatic rings. The average Bonchev–Trinajstić information content (AvgIpc) is 2.03. The molecule has 1 saturated heterocycles. The lowest BCUT2D eigenvalue weighted by Crippen LogP contribution is -2.35. The van der Waals surface area contributed by atoms with E-state index in [0.717, 1.165) is 26.2 Å². The summed E-state index contributed by atoms with van der Waals surface area (Å²) in [6.07, 6.45) is 5.24. The Labute approximate surface area is 62.3 Å². The first-order chi connectivity index (χ1) is 4.93. The highest BCUT2D eigenvalue weighted by Gasteiger charge is 2.11. The largest absolute Gasteiger partial charge is 0.378 e. The Morgan fingerprint density at radius 1 is 1.70 bits per heavy atom. The monoisotopic (exact) mass is 140 g/mol. The fraction of sp³-hybridized carbons (Fsp3) is 0.750. The maximum atomic E-state index is 5.25. The molecule has 10 heavy (non-hydrogen) atoms. The van der Waals surface area contributed by atoms with Crippen LogP contribution in [0, 0.1) is 0 Å². The summed E-state index contributed by atoms with van der Waals surface area (Å²) in [5, 5.41) is 4.39. The highest BCUT2D eigenvalue weighted by molar-refractivity contribution is 4.84. The van der Waals surface area contributed by atoms with Crippen LogP contribution in [0.25, 0.3) is 0 Å². The van der Waals surface area contributed by atoms with E-state index in [1.54, 1.807) is 0 Å². The minimum atomic E-state index is 0.421. The molecule has 0 N–H and O–H groups in total. The van der Waals surface area contributed by atoms with Gasteiger partial charge in [-0.2, -0.15) is 0 Å². The van der Waals surface area contributed by atoms with Crippen molar-refractivity contribution in [3.8, 4) is 0 Å². The summed E-state index contributed by atoms with van der Waals surface area (Å²) in [6.45, 7) is 4.53. The summed E-state index contributed by atoms with van der Waals surface area (Å²) in [6, 6.07) is 0.421. The minimum absolute atomic E-state index is 0.421. The number of rotatable bonds is 2. The lowest BCUT2D eigenvalue weighted by atomic mass is 10.2. The summed E-state index contributed by atoms with van der Waals surface area (Å²) < 4.78 is 5.25. The Bertz CT molecular complexity index is 106. The van der Waals surface area contributed by atoms with Crippen LogP contribution in [0.15, 0.2) is 12.2 Å². The van der Waals surface area contributed by atoms with Crippen LogP contribution in [-0.4, -0.2) is 25.8 Å². The molecule has 1 atom stereocenters. The van der Waals surface area contributed by atoms with Gasteiger partial charge in [-0.3, -0.25) is 0 Å². The van der Waals surface area contributed by atoms with Crippen molar-refractivity contribution in [2.24, 2.45) is 0 Å². The molecule has 1 rings (SSSR count). The van der Waals surface area contributed by atoms with Gasteiger partial charge in [0.2, 0.25) is 0 Å². The summed E-state index contributed by atoms with van der Waals surface area (Å²) in [5.74, 6) is 0. The van der Waals surface area contributed by atoms with Crippen LogP contribution in [-0.2, 0) is 4.74 Å². The van der Waals surface area contributed by atoms with Crippen molar-refractivity contribution in [3.63, 3.8) is 0 Å². The Morgan fingerprint density at radius 2 is 2.60 bits per heavy atom. The molecular weight excluding hydrogens is 126 g/mol. The third-order valence-corrected chi connectivity index (χ3v) is 1.58. The Hall–Kier alpha value is -0.340. The van der Waals surface area contributed by atoms with E-state index < -0.39 is 0 Å². The molecule has 1 aliphatic heterocycles. The predicted octanol–water partition coefficient (Wildman–Crippen LogP) is 0.956. The summed E-state index contributed by atoms with van der Waals surface area (Å²) in [7, 11) is 0. The third kappa shape index (κ3) is 2.50. The van der Waals surface area contributed by atoms with Gasteiger partial charge in [-0.1, -0.05) is 12.2 Å². The molecule has 2 nitrogen and oxygen atoms in total. The van der Waals surface area contributed by atoms with E-state index in [0.29, 0.717) is 6.04 Å². The molecule has 0 bridgehead atoms. The zero-order valence-corrected chi connectivity index (χ0v) is 6.42. The van der Waals surface area contributed by atoms with Gasteiger partial charge in [-0.05, 0) is 13.3 Å². The van der Waals surface area contributed by atoms with Crippen LogP contribution in [0.3, 0.4) is 0 Å². The van der Waals surface area contributed by atoms with E-state index >= 15 is 0 Å². The molecule has 0 aromatic heterocycles. The Morgan fingerprint density at radius 3 is 3.20 bits per heavy atom. The first-order valence-corrected chi connectivity index (χ1v) is 3.79. The van der Waals surface area contributed by atoms with Crippen molar-refractivity contribution < 1.29 is 4.74 Å². The molecule has 2 heteroatoms. The zero-order valence-electron chi connectivity index (χ0n) is 6.42. The second-order valence-electron chi connectivity index (χ2n) is 2.44. The van der Waals surface area contributed by atoms with E-state index in [2.05, 4.69) is 17.5 Å². The van der Waals surface area contributed by atoms with Crippen LogP contribution >= 0.6 is 0 Å². The molecule has 0 amide bonds. The van der Waals surface area contributed by atoms with E-state index in [1.165, 1.54) is 0 Å². The SMILES string of the molecule is CC=CCC1COCC[N]1. The minimum Gasteiger partial charge on any atom is -0.378 e. The number of morpholine rings is 1. The molecule has 0 saturated carbocycles. The number of ether oxygens (including phenoxy) is 1. The van der Waals surface area contributed by atoms with E-state index in [1.807, 2.05) is 6.92 Å². The van der Waals surface area contributed by atoms with Gasteiger partial charge in [0.05, 0.1) is 19.3 Å². The van der Waals surface area contributed by atoms with Gasteiger partial charge in [0.1, 0.15) is 0 Å². The van der Waals surface area contributed by atoms with E-state index in [9.17, 15) is 0 Å². The van der Waals surface area contributed by atoms with Gasteiger partial charge in [-0.15, -0.1) is 0 Å². The zero-order chi connectivity index (χ0) is 7.23. The molecule has 1 radical (unpaired) electrons. The van der Waals surface area contributed by atoms with E-state index in [-0.39, 0.29) is 0 Å². The lowest BCUT2D eigenvalue weighted by molar-refractivity contribution is 0.0755. The molecule has 0 aliphatic carbocycles. The van der Waals surface area contributed by atoms with Crippen LogP contribution < -0.4 is 5.32 Å². The second kappa shape index (κ2) is 4.47. The van der Waals surface area contributed by atoms with Crippen molar-refractivity contribution in [1.82, 2.24) is 5.32 Å². The van der Waals surface area contributed by atoms with Crippen LogP contribution in [0.2, 0.25) is 0 Å². The molecule has 1 fully saturated rings. The van der Waals surface area contributed by atoms with Gasteiger partial charge in [0, 0.05) is 6.54 Å². The van der Waals surface area contributed by atoms with Crippen LogP contribution in [0.4, 0.5) is 0 Å². The van der Waals surface area contributed by atoms with Gasteiger partial charge < -0.3 is 4.74 Å². The molecule has 57 valence electrons. The Balaban J connectivity index is 2.13. The topological polar surface area (TPSA) is 23.3 Å². The van der Waals surface area contributed by atoms with Crippen molar-refractivity contribution in [1.29, 1.82) is 0 Å². The molecule has 1 unspecified atom stereocenters. The predicted molar refractivity (Wildman–Crippen MR) is 41.0 cm³/mol. The lowest BCUT2D eigenvalue weighted by Gasteiger charge is -2.20. The van der Waals surface area contributed by atoms with Gasteiger partial charge >= 0.3 is 0 Å². The number of hydrogen-bond acceptors (Lipinski definition) is 1. The van der Waals surface area contributed by atoms with E-state index in [4.69, 9.17) is 4.74 Å². The quantitative estimate of drug-likeness (QED) is 0.524. The van der Waals surface area contributed by atoms with Crippen molar-refractivity contribution in [3.05, 3.63) is 12.2 Å². The van der Waals surface area contributed by atoms with Crippen LogP contribution in [0.1, 0.15) is 13.3 Å². The maximum Gasteiger partial charge on any atom is 0.0639 e. The molecule has 1 heterocycles. The van der Waals surface area contributed by atoms with Gasteiger partial charge in [-0.25, -0.2) is 5.32 Å². The van der Waals surface area contributed by atoms with Gasteiger partial charge in [0.15, 0.2) is 0 Å². The maximum absolute atomic E-state index is 5.25. The first-order valence-electron chi connectivity index (χ1n) is 3.79. The number of hydrogen-bond donors (Lipinski definition) is 0. The third-order valence-electron chi connectivity index (χ3n) is 1.58. The molecule has 0 aromatic carbocycles. The summed E-state index contributed by atoms with van der Waals surface area (Å²) in [5.41, 5.74) is 0. The van der Waals surface area contributed by atoms with Crippen molar-refractivity contribution >= 4 is 0 Å². The molecule has 0 spiro atoms. The normalized spacial score (nSPS) is 27.5. The van der Waals surface area contributed by atoms with Crippen molar-refractivity contribution in [2.75, 3.05) is 19.8 Å². The smallest absolute Gasteiger partial charge is 0.0639 e. The van der Waals surface area contributed by atoms with Crippen LogP contribution in [0.5, 0.6) is 0 Å². The molecule has 1 aliphatic rings. The fourth-order valence-electron chi connectivity index (χ4n) is 1.01. The van der Waals surface area contributed by atoms with Gasteiger partial charge in [0.25, 0.3) is 0 Å². The summed E-state index contributed by atoms with van der Waals surface area (Å²) in [4.78, 5) is 0. The highest BCUT2D eigenvalue weighted by Crippen LogP contribution is 2.00. The second-order valence-corrected chi connectivity index (χ2v) is 2.44.